The second-order valence-electron chi connectivity index (χ2n) is 1.65. The molecule has 0 fully saturated rings. The van der Waals surface area contributed by atoms with Crippen LogP contribution in [0.2, 0.25) is 0 Å². The van der Waals surface area contributed by atoms with Gasteiger partial charge in [0.2, 0.25) is 0 Å². The average molecular weight is 140 g/mol. The van der Waals surface area contributed by atoms with Crippen LogP contribution in [0.5, 0.6) is 0 Å². The van der Waals surface area contributed by atoms with Gasteiger partial charge in [0.1, 0.15) is 0 Å². The molecule has 0 bridgehead atoms. The topological polar surface area (TPSA) is 87.9 Å². The average Bonchev–Trinajstić information content (AvgIpc) is 1.90. The minimum Gasteiger partial charge on any atom is -0.387 e. The van der Waals surface area contributed by atoms with Gasteiger partial charge in [-0.05, 0) is 12.3 Å². The van der Waals surface area contributed by atoms with Gasteiger partial charge in [0.05, 0.1) is 0 Å². The fraction of sp³-hybridized carbons (Fsp3) is 0.167. The SMILES string of the molecule is C1=CCNC=C1.N=C(N)N. The molecule has 4 nitrogen and oxygen atoms in total. The van der Waals surface area contributed by atoms with Crippen molar-refractivity contribution in [1.82, 2.24) is 5.32 Å². The molecule has 1 aliphatic heterocycles. The van der Waals surface area contributed by atoms with Crippen molar-refractivity contribution in [3.8, 4) is 0 Å². The summed E-state index contributed by atoms with van der Waals surface area (Å²) in [6.45, 7) is 0.983. The normalized spacial score (nSPS) is 12.8. The molecule has 4 heteroatoms. The number of nitrogens with two attached hydrogens (primary N) is 2. The molecule has 0 aromatic heterocycles. The molecule has 0 saturated carbocycles. The first kappa shape index (κ1) is 8.55. The zero-order chi connectivity index (χ0) is 7.82. The number of hydrogen-bond donors (Lipinski definition) is 4. The Morgan fingerprint density at radius 3 is 2.10 bits per heavy atom. The Labute approximate surface area is 60.1 Å². The van der Waals surface area contributed by atoms with E-state index < -0.39 is 0 Å². The van der Waals surface area contributed by atoms with Crippen LogP contribution in [0.1, 0.15) is 0 Å². The third kappa shape index (κ3) is 9.75. The number of rotatable bonds is 0. The smallest absolute Gasteiger partial charge is 0.183 e. The summed E-state index contributed by atoms with van der Waals surface area (Å²) >= 11 is 0. The zero-order valence-electron chi connectivity index (χ0n) is 5.67. The number of allylic oxidation sites excluding steroid dienone is 2. The van der Waals surface area contributed by atoms with E-state index in [-0.39, 0.29) is 5.96 Å². The molecule has 1 aliphatic rings. The molecule has 1 heterocycles. The first-order valence-corrected chi connectivity index (χ1v) is 2.88. The van der Waals surface area contributed by atoms with Gasteiger partial charge < -0.3 is 16.8 Å². The maximum atomic E-state index is 6.06. The molecule has 0 spiro atoms. The summed E-state index contributed by atoms with van der Waals surface area (Å²) in [7, 11) is 0. The van der Waals surface area contributed by atoms with Crippen molar-refractivity contribution in [2.45, 2.75) is 0 Å². The highest BCUT2D eigenvalue weighted by Gasteiger charge is 1.73. The largest absolute Gasteiger partial charge is 0.387 e. The van der Waals surface area contributed by atoms with Crippen molar-refractivity contribution in [1.29, 1.82) is 5.41 Å². The molecule has 0 aromatic carbocycles. The van der Waals surface area contributed by atoms with Gasteiger partial charge in [0, 0.05) is 6.54 Å². The summed E-state index contributed by atoms with van der Waals surface area (Å²) in [4.78, 5) is 0. The molecule has 56 valence electrons. The van der Waals surface area contributed by atoms with E-state index in [0.29, 0.717) is 0 Å². The molecule has 6 N–H and O–H groups in total. The quantitative estimate of drug-likeness (QED) is 0.270. The standard InChI is InChI=1S/C5H7N.CH5N3/c1-2-4-6-5-3-1;2-1(3)4/h1-4,6H,5H2;(H5,2,3,4). The third-order valence-corrected chi connectivity index (χ3v) is 0.697. The highest BCUT2D eigenvalue weighted by molar-refractivity contribution is 5.71. The Morgan fingerprint density at radius 2 is 2.00 bits per heavy atom. The van der Waals surface area contributed by atoms with E-state index in [4.69, 9.17) is 5.41 Å². The van der Waals surface area contributed by atoms with Crippen LogP contribution >= 0.6 is 0 Å². The van der Waals surface area contributed by atoms with E-state index in [1.165, 1.54) is 0 Å². The lowest BCUT2D eigenvalue weighted by Crippen LogP contribution is -2.20. The summed E-state index contributed by atoms with van der Waals surface area (Å²) in [5.74, 6) is -0.333. The molecule has 0 unspecified atom stereocenters. The van der Waals surface area contributed by atoms with Crippen molar-refractivity contribution in [2.75, 3.05) is 6.54 Å². The monoisotopic (exact) mass is 140 g/mol. The Balaban J connectivity index is 0.000000180. The predicted octanol–water partition coefficient (Wildman–Crippen LogP) is -0.502. The van der Waals surface area contributed by atoms with E-state index in [2.05, 4.69) is 22.9 Å². The molecule has 0 amide bonds. The van der Waals surface area contributed by atoms with E-state index in [1.54, 1.807) is 0 Å². The van der Waals surface area contributed by atoms with Crippen LogP contribution in [-0.2, 0) is 0 Å². The molecule has 0 atom stereocenters. The van der Waals surface area contributed by atoms with Crippen LogP contribution in [0.4, 0.5) is 0 Å². The number of guanidine groups is 1. The molecule has 0 aliphatic carbocycles. The Kier molecular flexibility index (Phi) is 4.86. The van der Waals surface area contributed by atoms with Gasteiger partial charge in [0.25, 0.3) is 0 Å². The van der Waals surface area contributed by atoms with Gasteiger partial charge in [-0.15, -0.1) is 0 Å². The van der Waals surface area contributed by atoms with E-state index in [1.807, 2.05) is 18.4 Å². The van der Waals surface area contributed by atoms with Gasteiger partial charge in [-0.2, -0.15) is 0 Å². The fourth-order valence-corrected chi connectivity index (χ4v) is 0.406. The maximum Gasteiger partial charge on any atom is 0.183 e. The second kappa shape index (κ2) is 5.68. The Morgan fingerprint density at radius 1 is 1.40 bits per heavy atom. The second-order valence-corrected chi connectivity index (χ2v) is 1.65. The van der Waals surface area contributed by atoms with Gasteiger partial charge in [-0.3, -0.25) is 5.41 Å². The van der Waals surface area contributed by atoms with Crippen LogP contribution in [-0.4, -0.2) is 12.5 Å². The third-order valence-electron chi connectivity index (χ3n) is 0.697. The van der Waals surface area contributed by atoms with E-state index in [0.717, 1.165) is 6.54 Å². The van der Waals surface area contributed by atoms with Crippen molar-refractivity contribution in [2.24, 2.45) is 11.5 Å². The number of hydrogen-bond acceptors (Lipinski definition) is 2. The molecule has 0 radical (unpaired) electrons. The first-order valence-electron chi connectivity index (χ1n) is 2.88. The predicted molar refractivity (Wildman–Crippen MR) is 42.4 cm³/mol. The Bertz CT molecular complexity index is 132. The highest BCUT2D eigenvalue weighted by atomic mass is 14.9. The van der Waals surface area contributed by atoms with Crippen molar-refractivity contribution < 1.29 is 0 Å². The highest BCUT2D eigenvalue weighted by Crippen LogP contribution is 1.78. The van der Waals surface area contributed by atoms with Crippen molar-refractivity contribution in [3.63, 3.8) is 0 Å². The summed E-state index contributed by atoms with van der Waals surface area (Å²) in [6, 6.07) is 0. The van der Waals surface area contributed by atoms with Crippen LogP contribution in [0.25, 0.3) is 0 Å². The lowest BCUT2D eigenvalue weighted by molar-refractivity contribution is 0.972. The van der Waals surface area contributed by atoms with Gasteiger partial charge >= 0.3 is 0 Å². The molecule has 10 heavy (non-hydrogen) atoms. The van der Waals surface area contributed by atoms with Gasteiger partial charge in [-0.1, -0.05) is 12.2 Å². The first-order chi connectivity index (χ1) is 4.73. The summed E-state index contributed by atoms with van der Waals surface area (Å²) < 4.78 is 0. The number of nitrogens with one attached hydrogen (secondary N) is 2. The van der Waals surface area contributed by atoms with E-state index in [9.17, 15) is 0 Å². The molecule has 1 rings (SSSR count). The molecule has 0 saturated heterocycles. The molecular formula is C6H12N4. The molecular weight excluding hydrogens is 128 g/mol. The minimum absolute atomic E-state index is 0.333. The Hall–Kier alpha value is -1.45. The zero-order valence-corrected chi connectivity index (χ0v) is 5.67. The lowest BCUT2D eigenvalue weighted by atomic mass is 10.4. The van der Waals surface area contributed by atoms with Crippen LogP contribution in [0.3, 0.4) is 0 Å². The maximum absolute atomic E-state index is 6.06. The van der Waals surface area contributed by atoms with Crippen LogP contribution in [0.15, 0.2) is 24.4 Å². The minimum atomic E-state index is -0.333. The van der Waals surface area contributed by atoms with Crippen LogP contribution in [0, 0.1) is 5.41 Å². The van der Waals surface area contributed by atoms with Crippen LogP contribution < -0.4 is 16.8 Å². The summed E-state index contributed by atoms with van der Waals surface area (Å²) in [5, 5.41) is 9.07. The van der Waals surface area contributed by atoms with E-state index >= 15 is 0 Å². The number of dihydropyridines is 1. The molecule has 0 aromatic rings. The van der Waals surface area contributed by atoms with Gasteiger partial charge in [-0.25, -0.2) is 0 Å². The van der Waals surface area contributed by atoms with Gasteiger partial charge in [0.15, 0.2) is 5.96 Å². The van der Waals surface area contributed by atoms with Crippen molar-refractivity contribution >= 4 is 5.96 Å². The fourth-order valence-electron chi connectivity index (χ4n) is 0.406. The van der Waals surface area contributed by atoms with Crippen molar-refractivity contribution in [3.05, 3.63) is 24.4 Å². The lowest BCUT2D eigenvalue weighted by Gasteiger charge is -1.94. The summed E-state index contributed by atoms with van der Waals surface area (Å²) in [6.07, 6.45) is 8.00. The summed E-state index contributed by atoms with van der Waals surface area (Å²) in [5.41, 5.74) is 8.94.